The predicted octanol–water partition coefficient (Wildman–Crippen LogP) is 5.00. The molecule has 1 unspecified atom stereocenters. The van der Waals surface area contributed by atoms with Crippen LogP contribution in [0.4, 0.5) is 0 Å². The Morgan fingerprint density at radius 2 is 1.60 bits per heavy atom. The van der Waals surface area contributed by atoms with E-state index in [1.165, 1.54) is 0 Å². The molecule has 0 aromatic heterocycles. The van der Waals surface area contributed by atoms with E-state index >= 15 is 0 Å². The topological polar surface area (TPSA) is 108 Å². The van der Waals surface area contributed by atoms with Crippen LogP contribution in [0.3, 0.4) is 0 Å². The largest absolute Gasteiger partial charge is 0.465 e. The fraction of sp³-hybridized carbons (Fsp3) is 0.909. The lowest BCUT2D eigenvalue weighted by Gasteiger charge is -2.28. The zero-order valence-corrected chi connectivity index (χ0v) is 28.6. The molecule has 9 nitrogen and oxygen atoms in total. The van der Waals surface area contributed by atoms with E-state index in [9.17, 15) is 14.4 Å². The van der Waals surface area contributed by atoms with E-state index in [0.29, 0.717) is 56.8 Å². The first-order chi connectivity index (χ1) is 19.9. The molecule has 0 aromatic rings. The Morgan fingerprint density at radius 1 is 0.952 bits per heavy atom. The highest BCUT2D eigenvalue weighted by molar-refractivity contribution is 5.99. The van der Waals surface area contributed by atoms with Crippen LogP contribution in [-0.4, -0.2) is 98.4 Å². The first-order valence-corrected chi connectivity index (χ1v) is 16.5. The summed E-state index contributed by atoms with van der Waals surface area (Å²) in [6.07, 6.45) is 5.35. The van der Waals surface area contributed by atoms with Crippen LogP contribution in [0.5, 0.6) is 0 Å². The van der Waals surface area contributed by atoms with Gasteiger partial charge in [-0.3, -0.25) is 14.4 Å². The van der Waals surface area contributed by atoms with Gasteiger partial charge >= 0.3 is 5.97 Å². The zero-order chi connectivity index (χ0) is 32.2. The average molecular weight is 602 g/mol. The Kier molecular flexibility index (Phi) is 22.1. The summed E-state index contributed by atoms with van der Waals surface area (Å²) < 4.78 is 10.5. The average Bonchev–Trinajstić information content (AvgIpc) is 2.90. The Balaban J connectivity index is 0. The standard InChI is InChI=1S/C24H45N3O4.C7H14O2.C2H6.H2/c1-7-21-23(29)20(4)15-18(2)14-19(3)17-26(6)11-12-27(22(28)16-25-5)10-8-9-13-31-24(21)30;1-5-3-6(2)9-7(8)4-5;1-2;/h18-21,25H,7-17H2,1-6H3;5-8H,3-4H2,1-2H3;1-2H3;1H/t18-,19-,20-,21?;5-,6+,7+;;/m10../s1. The molecule has 2 aliphatic rings. The van der Waals surface area contributed by atoms with Crippen LogP contribution in [0.15, 0.2) is 0 Å². The van der Waals surface area contributed by atoms with Crippen LogP contribution in [0.1, 0.15) is 102 Å². The van der Waals surface area contributed by atoms with Crippen molar-refractivity contribution in [3.63, 3.8) is 0 Å². The number of cyclic esters (lactones) is 1. The highest BCUT2D eigenvalue weighted by Gasteiger charge is 2.31. The van der Waals surface area contributed by atoms with Gasteiger partial charge in [0.15, 0.2) is 6.29 Å². The van der Waals surface area contributed by atoms with Gasteiger partial charge in [-0.1, -0.05) is 48.5 Å². The summed E-state index contributed by atoms with van der Waals surface area (Å²) in [5, 5.41) is 12.0. The number of carbonyl (C=O) groups is 3. The molecular formula is C33H67N3O6. The number of ether oxygens (including phenoxy) is 2. The monoisotopic (exact) mass is 602 g/mol. The van der Waals surface area contributed by atoms with Crippen molar-refractivity contribution in [1.29, 1.82) is 0 Å². The van der Waals surface area contributed by atoms with Gasteiger partial charge in [-0.2, -0.15) is 0 Å². The van der Waals surface area contributed by atoms with E-state index in [-0.39, 0.29) is 25.1 Å². The van der Waals surface area contributed by atoms with Crippen molar-refractivity contribution in [2.75, 3.05) is 53.4 Å². The maximum absolute atomic E-state index is 12.9. The number of likely N-dealkylation sites (N-methyl/N-ethyl adjacent to an activating group) is 2. The third-order valence-corrected chi connectivity index (χ3v) is 7.93. The van der Waals surface area contributed by atoms with Crippen molar-refractivity contribution in [2.24, 2.45) is 29.6 Å². The Hall–Kier alpha value is -1.55. The fourth-order valence-corrected chi connectivity index (χ4v) is 6.01. The number of hydrogen-bond donors (Lipinski definition) is 2. The molecule has 7 atom stereocenters. The minimum atomic E-state index is -0.668. The number of aliphatic hydroxyl groups excluding tert-OH is 1. The number of ketones is 1. The van der Waals surface area contributed by atoms with Gasteiger partial charge in [-0.05, 0) is 77.3 Å². The van der Waals surface area contributed by atoms with E-state index in [4.69, 9.17) is 14.6 Å². The number of nitrogens with zero attached hydrogens (tertiary/aromatic N) is 2. The van der Waals surface area contributed by atoms with Crippen molar-refractivity contribution in [3.05, 3.63) is 0 Å². The number of hydrogen-bond acceptors (Lipinski definition) is 8. The van der Waals surface area contributed by atoms with Crippen molar-refractivity contribution >= 4 is 17.7 Å². The molecule has 2 N–H and O–H groups in total. The predicted molar refractivity (Wildman–Crippen MR) is 172 cm³/mol. The summed E-state index contributed by atoms with van der Waals surface area (Å²) in [5.74, 6) is 0.415. The second kappa shape index (κ2) is 22.9. The van der Waals surface area contributed by atoms with Crippen LogP contribution >= 0.6 is 0 Å². The molecule has 250 valence electrons. The van der Waals surface area contributed by atoms with Gasteiger partial charge in [0.2, 0.25) is 5.91 Å². The summed E-state index contributed by atoms with van der Waals surface area (Å²) >= 11 is 0. The number of esters is 1. The van der Waals surface area contributed by atoms with E-state index in [2.05, 4.69) is 38.0 Å². The number of nitrogens with one attached hydrogen (secondary N) is 1. The number of rotatable bonds is 3. The smallest absolute Gasteiger partial charge is 0.316 e. The van der Waals surface area contributed by atoms with Crippen LogP contribution in [-0.2, 0) is 23.9 Å². The molecule has 0 saturated carbocycles. The van der Waals surface area contributed by atoms with Gasteiger partial charge < -0.3 is 29.7 Å². The molecule has 0 radical (unpaired) electrons. The summed E-state index contributed by atoms with van der Waals surface area (Å²) in [6, 6.07) is 0. The number of aliphatic hydroxyl groups is 1. The second-order valence-corrected chi connectivity index (χ2v) is 12.5. The molecule has 9 heteroatoms. The highest BCUT2D eigenvalue weighted by Crippen LogP contribution is 2.25. The minimum Gasteiger partial charge on any atom is -0.465 e. The first kappa shape index (κ1) is 40.5. The number of amides is 1. The Bertz CT molecular complexity index is 733. The quantitative estimate of drug-likeness (QED) is 0.344. The normalized spacial score (nSPS) is 31.3. The summed E-state index contributed by atoms with van der Waals surface area (Å²) in [5.41, 5.74) is 0. The zero-order valence-electron chi connectivity index (χ0n) is 28.6. The van der Waals surface area contributed by atoms with Crippen molar-refractivity contribution in [1.82, 2.24) is 15.1 Å². The molecule has 0 bridgehead atoms. The summed E-state index contributed by atoms with van der Waals surface area (Å²) in [4.78, 5) is 42.0. The first-order valence-electron chi connectivity index (χ1n) is 16.5. The summed E-state index contributed by atoms with van der Waals surface area (Å²) in [7, 11) is 3.89. The maximum Gasteiger partial charge on any atom is 0.316 e. The van der Waals surface area contributed by atoms with Crippen molar-refractivity contribution < 1.29 is 30.4 Å². The van der Waals surface area contributed by atoms with Crippen molar-refractivity contribution in [3.8, 4) is 0 Å². The lowest BCUT2D eigenvalue weighted by molar-refractivity contribution is -0.169. The highest BCUT2D eigenvalue weighted by atomic mass is 16.6. The SMILES string of the molecule is CC.CCC1C(=O)OCCCCN(C(=O)CNC)CCN(C)C[C@H](C)C[C@@H](C)C[C@@H](C)C1=O.C[C@H]1C[C@@H](C)O[C@@H](O)C1.[HH]. The molecule has 2 saturated heterocycles. The molecule has 0 aromatic carbocycles. The number of carbonyl (C=O) groups excluding carboxylic acids is 3. The van der Waals surface area contributed by atoms with Gasteiger partial charge in [0.25, 0.3) is 0 Å². The minimum absolute atomic E-state index is 0. The molecule has 2 heterocycles. The molecule has 1 amide bonds. The molecule has 2 rings (SSSR count). The van der Waals surface area contributed by atoms with Gasteiger partial charge in [0.1, 0.15) is 11.7 Å². The van der Waals surface area contributed by atoms with Gasteiger partial charge in [0.05, 0.1) is 19.3 Å². The third-order valence-electron chi connectivity index (χ3n) is 7.93. The Morgan fingerprint density at radius 3 is 2.17 bits per heavy atom. The lowest BCUT2D eigenvalue weighted by Crippen LogP contribution is -2.42. The van der Waals surface area contributed by atoms with Crippen LogP contribution in [0, 0.1) is 29.6 Å². The molecule has 2 fully saturated rings. The molecular weight excluding hydrogens is 534 g/mol. The van der Waals surface area contributed by atoms with E-state index in [0.717, 1.165) is 45.2 Å². The maximum atomic E-state index is 12.9. The molecule has 0 aliphatic carbocycles. The molecule has 2 aliphatic heterocycles. The van der Waals surface area contributed by atoms with Gasteiger partial charge in [-0.25, -0.2) is 0 Å². The number of Topliss-reactive ketones (excluding diaryl/α,β-unsaturated/α-hetero) is 1. The fourth-order valence-electron chi connectivity index (χ4n) is 6.01. The Labute approximate surface area is 258 Å². The van der Waals surface area contributed by atoms with Crippen LogP contribution < -0.4 is 5.32 Å². The van der Waals surface area contributed by atoms with Gasteiger partial charge in [-0.15, -0.1) is 0 Å². The summed E-state index contributed by atoms with van der Waals surface area (Å²) in [6.45, 7) is 20.1. The van der Waals surface area contributed by atoms with Crippen molar-refractivity contribution in [2.45, 2.75) is 113 Å². The van der Waals surface area contributed by atoms with Crippen LogP contribution in [0.2, 0.25) is 0 Å². The van der Waals surface area contributed by atoms with Gasteiger partial charge in [0, 0.05) is 39.9 Å². The van der Waals surface area contributed by atoms with E-state index in [1.54, 1.807) is 7.05 Å². The third kappa shape index (κ3) is 16.9. The molecule has 0 spiro atoms. The molecule has 42 heavy (non-hydrogen) atoms. The lowest BCUT2D eigenvalue weighted by atomic mass is 9.83. The second-order valence-electron chi connectivity index (χ2n) is 12.5. The van der Waals surface area contributed by atoms with Crippen LogP contribution in [0.25, 0.3) is 0 Å². The van der Waals surface area contributed by atoms with E-state index in [1.807, 2.05) is 39.5 Å². The van der Waals surface area contributed by atoms with E-state index < -0.39 is 18.2 Å².